The van der Waals surface area contributed by atoms with Crippen molar-refractivity contribution in [1.82, 2.24) is 4.57 Å². The summed E-state index contributed by atoms with van der Waals surface area (Å²) < 4.78 is 4.40. The van der Waals surface area contributed by atoms with Crippen molar-refractivity contribution < 1.29 is 4.57 Å². The van der Waals surface area contributed by atoms with E-state index in [1.54, 1.807) is 0 Å². The number of aromatic nitrogens is 2. The van der Waals surface area contributed by atoms with Crippen molar-refractivity contribution >= 4 is 28.1 Å². The lowest BCUT2D eigenvalue weighted by atomic mass is 10.0. The highest BCUT2D eigenvalue weighted by atomic mass is 15.4. The maximum atomic E-state index is 2.36. The second kappa shape index (κ2) is 7.27. The Morgan fingerprint density at radius 1 is 0.656 bits per heavy atom. The molecule has 0 aliphatic carbocycles. The van der Waals surface area contributed by atoms with Gasteiger partial charge in [0.2, 0.25) is 6.33 Å². The number of para-hydroxylation sites is 4. The molecule has 2 heterocycles. The van der Waals surface area contributed by atoms with Gasteiger partial charge in [0.25, 0.3) is 0 Å². The fourth-order valence-electron chi connectivity index (χ4n) is 4.72. The van der Waals surface area contributed by atoms with E-state index in [0.29, 0.717) is 0 Å². The van der Waals surface area contributed by atoms with Crippen LogP contribution in [0, 0.1) is 0 Å². The molecule has 4 heteroatoms. The predicted octanol–water partition coefficient (Wildman–Crippen LogP) is 5.67. The van der Waals surface area contributed by atoms with Gasteiger partial charge in [-0.25, -0.2) is 4.57 Å². The van der Waals surface area contributed by atoms with Crippen molar-refractivity contribution in [2.24, 2.45) is 7.05 Å². The number of aryl methyl sites for hydroxylation is 1. The fraction of sp³-hybridized carbons (Fsp3) is 0.107. The van der Waals surface area contributed by atoms with Crippen LogP contribution in [0.25, 0.3) is 27.8 Å². The Balaban J connectivity index is 1.29. The summed E-state index contributed by atoms with van der Waals surface area (Å²) in [6.07, 6.45) is 2.14. The summed E-state index contributed by atoms with van der Waals surface area (Å²) in [5, 5.41) is 0. The lowest BCUT2D eigenvalue weighted by molar-refractivity contribution is -0.645. The summed E-state index contributed by atoms with van der Waals surface area (Å²) in [6, 6.07) is 34.7. The van der Waals surface area contributed by atoms with E-state index in [1.807, 2.05) is 0 Å². The average molecular weight is 418 g/mol. The molecule has 0 spiro atoms. The second-order valence-corrected chi connectivity index (χ2v) is 8.43. The summed E-state index contributed by atoms with van der Waals surface area (Å²) in [5.41, 5.74) is 9.80. The Labute approximate surface area is 188 Å². The highest BCUT2D eigenvalue weighted by Gasteiger charge is 2.23. The molecule has 1 aliphatic heterocycles. The molecule has 0 amide bonds. The quantitative estimate of drug-likeness (QED) is 0.352. The highest BCUT2D eigenvalue weighted by molar-refractivity contribution is 5.82. The number of fused-ring (bicyclic) bond motifs is 2. The lowest BCUT2D eigenvalue weighted by Crippen LogP contribution is -2.25. The van der Waals surface area contributed by atoms with Gasteiger partial charge >= 0.3 is 0 Å². The zero-order valence-electron chi connectivity index (χ0n) is 18.3. The molecule has 0 fully saturated rings. The van der Waals surface area contributed by atoms with Crippen LogP contribution in [0.15, 0.2) is 103 Å². The van der Waals surface area contributed by atoms with E-state index >= 15 is 0 Å². The molecule has 0 bridgehead atoms. The fourth-order valence-corrected chi connectivity index (χ4v) is 4.72. The molecule has 4 nitrogen and oxygen atoms in total. The number of hydrogen-bond donors (Lipinski definition) is 0. The van der Waals surface area contributed by atoms with Crippen LogP contribution in [0.4, 0.5) is 17.1 Å². The topological polar surface area (TPSA) is 15.3 Å². The molecular formula is C28H25N4+. The van der Waals surface area contributed by atoms with Gasteiger partial charge in [-0.2, -0.15) is 4.57 Å². The average Bonchev–Trinajstić information content (AvgIpc) is 3.37. The van der Waals surface area contributed by atoms with Crippen LogP contribution in [-0.2, 0) is 7.05 Å². The number of imidazole rings is 1. The molecule has 1 aliphatic rings. The first kappa shape index (κ1) is 18.7. The first-order valence-corrected chi connectivity index (χ1v) is 10.9. The van der Waals surface area contributed by atoms with Gasteiger partial charge in [-0.15, -0.1) is 0 Å². The number of benzene rings is 4. The van der Waals surface area contributed by atoms with Crippen LogP contribution in [0.5, 0.6) is 0 Å². The van der Waals surface area contributed by atoms with E-state index in [1.165, 1.54) is 44.9 Å². The molecule has 4 aromatic carbocycles. The normalized spacial score (nSPS) is 13.1. The van der Waals surface area contributed by atoms with Gasteiger partial charge < -0.3 is 9.80 Å². The van der Waals surface area contributed by atoms with Crippen molar-refractivity contribution in [3.63, 3.8) is 0 Å². The molecule has 6 rings (SSSR count). The number of nitrogens with zero attached hydrogens (tertiary/aromatic N) is 4. The van der Waals surface area contributed by atoms with Gasteiger partial charge in [0.1, 0.15) is 5.69 Å². The molecule has 0 unspecified atom stereocenters. The van der Waals surface area contributed by atoms with Crippen LogP contribution in [0.1, 0.15) is 0 Å². The first-order valence-electron chi connectivity index (χ1n) is 10.9. The van der Waals surface area contributed by atoms with E-state index in [4.69, 9.17) is 0 Å². The predicted molar refractivity (Wildman–Crippen MR) is 132 cm³/mol. The van der Waals surface area contributed by atoms with Gasteiger partial charge in [0.15, 0.2) is 11.0 Å². The minimum Gasteiger partial charge on any atom is -0.355 e. The van der Waals surface area contributed by atoms with Gasteiger partial charge in [-0.3, -0.25) is 0 Å². The van der Waals surface area contributed by atoms with E-state index in [0.717, 1.165) is 6.67 Å². The standard InChI is InChI=1S/C28H25N4/c1-29-19-31(27-9-5-3-7-25(27)29)23-15-11-21(12-16-23)22-13-17-24(18-14-22)32-20-30(2)26-8-4-6-10-28(26)32/h3-19H,20H2,1-2H3/q+1. The van der Waals surface area contributed by atoms with Crippen molar-refractivity contribution in [2.75, 3.05) is 23.5 Å². The van der Waals surface area contributed by atoms with Gasteiger partial charge in [-0.1, -0.05) is 48.5 Å². The Bertz CT molecular complexity index is 1410. The molecule has 0 radical (unpaired) electrons. The summed E-state index contributed by atoms with van der Waals surface area (Å²) >= 11 is 0. The Morgan fingerprint density at radius 2 is 1.25 bits per heavy atom. The van der Waals surface area contributed by atoms with Gasteiger partial charge in [0, 0.05) is 12.7 Å². The van der Waals surface area contributed by atoms with Crippen LogP contribution in [0.3, 0.4) is 0 Å². The third-order valence-electron chi connectivity index (χ3n) is 6.41. The summed E-state index contributed by atoms with van der Waals surface area (Å²) in [4.78, 5) is 4.65. The molecule has 156 valence electrons. The first-order chi connectivity index (χ1) is 15.7. The van der Waals surface area contributed by atoms with Crippen LogP contribution >= 0.6 is 0 Å². The number of rotatable bonds is 3. The van der Waals surface area contributed by atoms with Crippen LogP contribution in [0.2, 0.25) is 0 Å². The third-order valence-corrected chi connectivity index (χ3v) is 6.41. The summed E-state index contributed by atoms with van der Waals surface area (Å²) in [6.45, 7) is 0.871. The summed E-state index contributed by atoms with van der Waals surface area (Å²) in [5.74, 6) is 0. The minimum absolute atomic E-state index is 0.871. The summed E-state index contributed by atoms with van der Waals surface area (Å²) in [7, 11) is 4.23. The van der Waals surface area contributed by atoms with Crippen LogP contribution < -0.4 is 14.4 Å². The molecule has 1 aromatic heterocycles. The van der Waals surface area contributed by atoms with E-state index in [2.05, 4.69) is 136 Å². The van der Waals surface area contributed by atoms with E-state index in [-0.39, 0.29) is 0 Å². The molecular weight excluding hydrogens is 392 g/mol. The SMILES string of the molecule is CN1CN(c2ccc(-c3ccc(-n4c[n+](C)c5ccccc54)cc3)cc2)c2ccccc21. The molecule has 0 saturated carbocycles. The lowest BCUT2D eigenvalue weighted by Gasteiger charge is -2.19. The Hall–Kier alpha value is -4.05. The highest BCUT2D eigenvalue weighted by Crippen LogP contribution is 2.39. The van der Waals surface area contributed by atoms with E-state index < -0.39 is 0 Å². The number of anilines is 3. The maximum absolute atomic E-state index is 2.36. The monoisotopic (exact) mass is 417 g/mol. The maximum Gasteiger partial charge on any atom is 0.249 e. The Kier molecular flexibility index (Phi) is 4.25. The Morgan fingerprint density at radius 3 is 1.97 bits per heavy atom. The smallest absolute Gasteiger partial charge is 0.249 e. The zero-order chi connectivity index (χ0) is 21.7. The van der Waals surface area contributed by atoms with Crippen molar-refractivity contribution in [3.8, 4) is 16.8 Å². The van der Waals surface area contributed by atoms with Crippen molar-refractivity contribution in [1.29, 1.82) is 0 Å². The molecule has 0 atom stereocenters. The van der Waals surface area contributed by atoms with Gasteiger partial charge in [0.05, 0.1) is 25.1 Å². The molecule has 32 heavy (non-hydrogen) atoms. The molecule has 0 saturated heterocycles. The second-order valence-electron chi connectivity index (χ2n) is 8.43. The molecule has 0 N–H and O–H groups in total. The zero-order valence-corrected chi connectivity index (χ0v) is 18.3. The van der Waals surface area contributed by atoms with Gasteiger partial charge in [-0.05, 0) is 59.7 Å². The third kappa shape index (κ3) is 2.95. The largest absolute Gasteiger partial charge is 0.355 e. The van der Waals surface area contributed by atoms with Crippen molar-refractivity contribution in [3.05, 3.63) is 103 Å². The molecule has 5 aromatic rings. The van der Waals surface area contributed by atoms with E-state index in [9.17, 15) is 0 Å². The van der Waals surface area contributed by atoms with Crippen LogP contribution in [-0.4, -0.2) is 18.3 Å². The van der Waals surface area contributed by atoms with Crippen molar-refractivity contribution in [2.45, 2.75) is 0 Å². The number of hydrogen-bond acceptors (Lipinski definition) is 2. The minimum atomic E-state index is 0.871.